The Morgan fingerprint density at radius 1 is 1.35 bits per heavy atom. The molecule has 0 aliphatic carbocycles. The molecule has 9 heteroatoms. The van der Waals surface area contributed by atoms with E-state index in [0.29, 0.717) is 24.5 Å². The van der Waals surface area contributed by atoms with E-state index in [4.69, 9.17) is 10.00 Å². The number of carbonyl (C=O) groups is 1. The van der Waals surface area contributed by atoms with Crippen LogP contribution in [0.1, 0.15) is 5.69 Å². The summed E-state index contributed by atoms with van der Waals surface area (Å²) in [6.45, 7) is 0.908. The molecule has 1 amide bonds. The molecule has 0 radical (unpaired) electrons. The Balaban J connectivity index is 1.49. The van der Waals surface area contributed by atoms with Crippen LogP contribution in [0.4, 0.5) is 10.5 Å². The van der Waals surface area contributed by atoms with Crippen molar-refractivity contribution in [2.24, 2.45) is 7.05 Å². The van der Waals surface area contributed by atoms with E-state index in [0.717, 1.165) is 11.3 Å². The van der Waals surface area contributed by atoms with Crippen molar-refractivity contribution in [2.75, 3.05) is 11.4 Å². The van der Waals surface area contributed by atoms with Gasteiger partial charge in [0.2, 0.25) is 0 Å². The molecule has 0 saturated carbocycles. The Kier molecular flexibility index (Phi) is 3.85. The van der Waals surface area contributed by atoms with E-state index < -0.39 is 0 Å². The first-order chi connectivity index (χ1) is 12.6. The highest BCUT2D eigenvalue weighted by molar-refractivity contribution is 5.90. The molecule has 1 saturated heterocycles. The molecule has 3 aromatic rings. The molecule has 3 heterocycles. The second-order valence-electron chi connectivity index (χ2n) is 5.94. The van der Waals surface area contributed by atoms with Crippen LogP contribution in [-0.4, -0.2) is 43.5 Å². The number of nitriles is 1. The average molecular weight is 349 g/mol. The maximum absolute atomic E-state index is 12.2. The largest absolute Gasteiger partial charge is 0.442 e. The first kappa shape index (κ1) is 15.8. The molecular weight excluding hydrogens is 334 g/mol. The molecule has 0 spiro atoms. The van der Waals surface area contributed by atoms with Crippen LogP contribution in [0.3, 0.4) is 0 Å². The van der Waals surface area contributed by atoms with Gasteiger partial charge in [0, 0.05) is 30.6 Å². The molecule has 1 aliphatic rings. The molecule has 1 atom stereocenters. The van der Waals surface area contributed by atoms with E-state index in [9.17, 15) is 4.79 Å². The summed E-state index contributed by atoms with van der Waals surface area (Å²) in [5, 5.41) is 21.0. The van der Waals surface area contributed by atoms with Crippen molar-refractivity contribution < 1.29 is 9.53 Å². The molecule has 1 fully saturated rings. The number of anilines is 1. The Hall–Kier alpha value is -3.67. The molecule has 4 rings (SSSR count). The van der Waals surface area contributed by atoms with Crippen molar-refractivity contribution in [3.05, 3.63) is 48.4 Å². The molecule has 0 N–H and O–H groups in total. The molecule has 2 aromatic heterocycles. The van der Waals surface area contributed by atoms with E-state index in [1.165, 1.54) is 4.68 Å². The summed E-state index contributed by atoms with van der Waals surface area (Å²) in [5.74, 6) is 0. The van der Waals surface area contributed by atoms with Crippen LogP contribution < -0.4 is 4.90 Å². The van der Waals surface area contributed by atoms with Crippen LogP contribution in [-0.2, 0) is 18.3 Å². The molecule has 1 aliphatic heterocycles. The third-order valence-electron chi connectivity index (χ3n) is 4.21. The zero-order valence-electron chi connectivity index (χ0n) is 14.0. The van der Waals surface area contributed by atoms with Gasteiger partial charge in [0.1, 0.15) is 17.9 Å². The number of aryl methyl sites for hydroxylation is 1. The lowest BCUT2D eigenvalue weighted by Gasteiger charge is -2.13. The summed E-state index contributed by atoms with van der Waals surface area (Å²) in [5.41, 5.74) is 2.82. The average Bonchev–Trinajstić information content (AvgIpc) is 3.36. The maximum Gasteiger partial charge on any atom is 0.414 e. The Morgan fingerprint density at radius 2 is 2.15 bits per heavy atom. The number of ether oxygens (including phenoxy) is 1. The second-order valence-corrected chi connectivity index (χ2v) is 5.94. The lowest BCUT2D eigenvalue weighted by atomic mass is 10.1. The van der Waals surface area contributed by atoms with Gasteiger partial charge in [-0.25, -0.2) is 9.48 Å². The van der Waals surface area contributed by atoms with Crippen molar-refractivity contribution in [3.8, 4) is 17.3 Å². The van der Waals surface area contributed by atoms with Crippen molar-refractivity contribution in [1.29, 1.82) is 5.26 Å². The summed E-state index contributed by atoms with van der Waals surface area (Å²) < 4.78 is 8.57. The summed E-state index contributed by atoms with van der Waals surface area (Å²) in [6, 6.07) is 11.2. The quantitative estimate of drug-likeness (QED) is 0.708. The minimum Gasteiger partial charge on any atom is -0.442 e. The maximum atomic E-state index is 12.2. The minimum absolute atomic E-state index is 0.280. The van der Waals surface area contributed by atoms with Gasteiger partial charge >= 0.3 is 6.09 Å². The van der Waals surface area contributed by atoms with Crippen LogP contribution in [0.15, 0.2) is 42.7 Å². The highest BCUT2D eigenvalue weighted by Crippen LogP contribution is 2.26. The van der Waals surface area contributed by atoms with E-state index >= 15 is 0 Å². The Labute approximate surface area is 149 Å². The number of nitrogens with zero attached hydrogens (tertiary/aromatic N) is 7. The predicted octanol–water partition coefficient (Wildman–Crippen LogP) is 1.58. The molecule has 1 aromatic carbocycles. The zero-order chi connectivity index (χ0) is 18.1. The molecule has 9 nitrogen and oxygen atoms in total. The second kappa shape index (κ2) is 6.33. The highest BCUT2D eigenvalue weighted by Gasteiger charge is 2.32. The van der Waals surface area contributed by atoms with Gasteiger partial charge in [0.05, 0.1) is 25.0 Å². The molecule has 0 unspecified atom stereocenters. The number of hydrogen-bond donors (Lipinski definition) is 0. The molecule has 130 valence electrons. The standard InChI is InChI=1S/C17H15N7O2/c1-22-14(9-18)8-16(20-22)12-2-4-13(5-3-12)24-11-15(26-17(24)25)10-23-7-6-19-21-23/h2-8,15H,10-11H2,1H3/t15-/m0/s1. The third-order valence-corrected chi connectivity index (χ3v) is 4.21. The fraction of sp³-hybridized carbons (Fsp3) is 0.235. The fourth-order valence-electron chi connectivity index (χ4n) is 2.89. The number of rotatable bonds is 4. The predicted molar refractivity (Wildman–Crippen MR) is 91.0 cm³/mol. The van der Waals surface area contributed by atoms with E-state index in [2.05, 4.69) is 21.5 Å². The van der Waals surface area contributed by atoms with Crippen LogP contribution in [0, 0.1) is 11.3 Å². The van der Waals surface area contributed by atoms with Crippen LogP contribution in [0.25, 0.3) is 11.3 Å². The first-order valence-electron chi connectivity index (χ1n) is 8.01. The van der Waals surface area contributed by atoms with Gasteiger partial charge in [0.15, 0.2) is 0 Å². The first-order valence-corrected chi connectivity index (χ1v) is 8.01. The minimum atomic E-state index is -0.382. The smallest absolute Gasteiger partial charge is 0.414 e. The monoisotopic (exact) mass is 349 g/mol. The van der Waals surface area contributed by atoms with Crippen molar-refractivity contribution in [1.82, 2.24) is 24.8 Å². The zero-order valence-corrected chi connectivity index (χ0v) is 14.0. The fourth-order valence-corrected chi connectivity index (χ4v) is 2.89. The highest BCUT2D eigenvalue weighted by atomic mass is 16.6. The van der Waals surface area contributed by atoms with Gasteiger partial charge in [-0.1, -0.05) is 17.3 Å². The SMILES string of the molecule is Cn1nc(-c2ccc(N3C[C@H](Cn4ccnn4)OC3=O)cc2)cc1C#N. The van der Waals surface area contributed by atoms with Crippen LogP contribution in [0.2, 0.25) is 0 Å². The number of hydrogen-bond acceptors (Lipinski definition) is 6. The number of amides is 1. The van der Waals surface area contributed by atoms with Gasteiger partial charge in [0.25, 0.3) is 0 Å². The summed E-state index contributed by atoms with van der Waals surface area (Å²) in [4.78, 5) is 13.7. The number of cyclic esters (lactones) is 1. The number of carbonyl (C=O) groups excluding carboxylic acids is 1. The molecule has 0 bridgehead atoms. The topological polar surface area (TPSA) is 102 Å². The van der Waals surface area contributed by atoms with Crippen molar-refractivity contribution in [3.63, 3.8) is 0 Å². The third kappa shape index (κ3) is 2.88. The van der Waals surface area contributed by atoms with Gasteiger partial charge in [-0.2, -0.15) is 10.4 Å². The van der Waals surface area contributed by atoms with Crippen LogP contribution >= 0.6 is 0 Å². The normalized spacial score (nSPS) is 16.5. The van der Waals surface area contributed by atoms with Gasteiger partial charge < -0.3 is 4.74 Å². The lowest BCUT2D eigenvalue weighted by Crippen LogP contribution is -2.26. The van der Waals surface area contributed by atoms with E-state index in [-0.39, 0.29) is 12.2 Å². The van der Waals surface area contributed by atoms with Crippen molar-refractivity contribution in [2.45, 2.75) is 12.6 Å². The Bertz CT molecular complexity index is 970. The Morgan fingerprint density at radius 3 is 2.81 bits per heavy atom. The summed E-state index contributed by atoms with van der Waals surface area (Å²) in [6.07, 6.45) is 2.65. The molecular formula is C17H15N7O2. The summed E-state index contributed by atoms with van der Waals surface area (Å²) >= 11 is 0. The summed E-state index contributed by atoms with van der Waals surface area (Å²) in [7, 11) is 1.73. The van der Waals surface area contributed by atoms with Crippen LogP contribution in [0.5, 0.6) is 0 Å². The van der Waals surface area contributed by atoms with Crippen molar-refractivity contribution >= 4 is 11.8 Å². The van der Waals surface area contributed by atoms with Gasteiger partial charge in [-0.3, -0.25) is 9.58 Å². The number of benzene rings is 1. The molecule has 26 heavy (non-hydrogen) atoms. The van der Waals surface area contributed by atoms with E-state index in [1.54, 1.807) is 35.1 Å². The van der Waals surface area contributed by atoms with Gasteiger partial charge in [-0.05, 0) is 12.1 Å². The van der Waals surface area contributed by atoms with Gasteiger partial charge in [-0.15, -0.1) is 5.10 Å². The number of aromatic nitrogens is 5. The van der Waals surface area contributed by atoms with E-state index in [1.807, 2.05) is 24.3 Å². The lowest BCUT2D eigenvalue weighted by molar-refractivity contribution is 0.129.